The van der Waals surface area contributed by atoms with E-state index in [1.54, 1.807) is 11.9 Å². The van der Waals surface area contributed by atoms with Gasteiger partial charge in [-0.3, -0.25) is 9.59 Å². The predicted octanol–water partition coefficient (Wildman–Crippen LogP) is 3.21. The van der Waals surface area contributed by atoms with E-state index in [1.165, 1.54) is 31.4 Å². The fourth-order valence-electron chi connectivity index (χ4n) is 3.25. The van der Waals surface area contributed by atoms with E-state index in [-0.39, 0.29) is 11.7 Å². The number of para-hydroxylation sites is 1. The highest BCUT2D eigenvalue weighted by Crippen LogP contribution is 2.46. The van der Waals surface area contributed by atoms with E-state index < -0.39 is 23.8 Å². The van der Waals surface area contributed by atoms with E-state index >= 15 is 0 Å². The second-order valence-corrected chi connectivity index (χ2v) is 7.07. The van der Waals surface area contributed by atoms with Gasteiger partial charge in [0.1, 0.15) is 0 Å². The van der Waals surface area contributed by atoms with Crippen molar-refractivity contribution in [3.8, 4) is 0 Å². The highest BCUT2D eigenvalue weighted by molar-refractivity contribution is 7.10. The normalized spacial score (nSPS) is 17.4. The van der Waals surface area contributed by atoms with Crippen molar-refractivity contribution in [2.75, 3.05) is 19.1 Å². The molecule has 3 rings (SSSR count). The quantitative estimate of drug-likeness (QED) is 0.449. The Hall–Kier alpha value is -2.93. The maximum atomic E-state index is 13.0. The van der Waals surface area contributed by atoms with Gasteiger partial charge in [0.15, 0.2) is 0 Å². The number of allylic oxidation sites excluding steroid dienone is 1. The van der Waals surface area contributed by atoms with Gasteiger partial charge < -0.3 is 14.4 Å². The maximum Gasteiger partial charge on any atom is 0.373 e. The lowest BCUT2D eigenvalue weighted by atomic mass is 9.85. The molecule has 0 bridgehead atoms. The first kappa shape index (κ1) is 18.8. The molecule has 1 aliphatic heterocycles. The Kier molecular flexibility index (Phi) is 5.41. The van der Waals surface area contributed by atoms with Crippen molar-refractivity contribution in [1.82, 2.24) is 0 Å². The van der Waals surface area contributed by atoms with Crippen LogP contribution in [0.4, 0.5) is 5.69 Å². The van der Waals surface area contributed by atoms with Crippen molar-refractivity contribution in [1.29, 1.82) is 0 Å². The Balaban J connectivity index is 2.13. The molecule has 2 atom stereocenters. The molecule has 0 fully saturated rings. The fraction of sp³-hybridized carbons (Fsp3) is 0.250. The average molecular weight is 385 g/mol. The van der Waals surface area contributed by atoms with E-state index in [0.717, 1.165) is 16.1 Å². The highest BCUT2D eigenvalue weighted by atomic mass is 32.1. The largest absolute Gasteiger partial charge is 0.463 e. The van der Waals surface area contributed by atoms with Crippen LogP contribution in [0.3, 0.4) is 0 Å². The van der Waals surface area contributed by atoms with Crippen LogP contribution in [0.25, 0.3) is 0 Å². The van der Waals surface area contributed by atoms with Crippen LogP contribution in [0.5, 0.6) is 0 Å². The summed E-state index contributed by atoms with van der Waals surface area (Å²) in [6.45, 7) is 1.21. The summed E-state index contributed by atoms with van der Waals surface area (Å²) >= 11 is 1.47. The second-order valence-electron chi connectivity index (χ2n) is 6.09. The Morgan fingerprint density at radius 3 is 2.59 bits per heavy atom. The van der Waals surface area contributed by atoms with Crippen LogP contribution < -0.4 is 4.90 Å². The van der Waals surface area contributed by atoms with E-state index in [1.807, 2.05) is 41.8 Å². The zero-order valence-electron chi connectivity index (χ0n) is 15.2. The minimum atomic E-state index is -0.765. The molecule has 2 aromatic rings. The van der Waals surface area contributed by atoms with Gasteiger partial charge in [-0.2, -0.15) is 0 Å². The van der Waals surface area contributed by atoms with Gasteiger partial charge >= 0.3 is 11.9 Å². The summed E-state index contributed by atoms with van der Waals surface area (Å²) in [7, 11) is 2.94. The molecule has 7 heteroatoms. The number of carbonyl (C=O) groups is 3. The molecule has 140 valence electrons. The number of methoxy groups -OCH3 is 1. The number of likely N-dealkylation sites (N-methyl/N-ethyl adjacent to an activating group) is 1. The molecule has 6 nitrogen and oxygen atoms in total. The number of nitrogens with zero attached hydrogens (tertiary/aromatic N) is 1. The summed E-state index contributed by atoms with van der Waals surface area (Å²) in [6, 6.07) is 11.3. The first-order valence-electron chi connectivity index (χ1n) is 8.32. The van der Waals surface area contributed by atoms with Crippen molar-refractivity contribution in [2.24, 2.45) is 0 Å². The summed E-state index contributed by atoms with van der Waals surface area (Å²) < 4.78 is 9.80. The van der Waals surface area contributed by atoms with Gasteiger partial charge in [0.05, 0.1) is 13.0 Å². The molecule has 1 aromatic carbocycles. The first-order valence-corrected chi connectivity index (χ1v) is 9.20. The van der Waals surface area contributed by atoms with Crippen LogP contribution in [0.2, 0.25) is 0 Å². The first-order chi connectivity index (χ1) is 12.9. The van der Waals surface area contributed by atoms with Crippen LogP contribution in [-0.4, -0.2) is 32.0 Å². The number of fused-ring (bicyclic) bond motifs is 1. The molecular weight excluding hydrogens is 366 g/mol. The molecule has 0 spiro atoms. The molecule has 1 amide bonds. The standard InChI is InChI=1S/C20H19NO5S/c1-12(22)26-16(20(24)25-3)11-14(17-9-6-10-27-17)18-13-7-4-5-8-15(13)21(2)19(18)23/h4-11,14,18H,1-3H3/b16-11-/t14-,18+/m0/s1. The molecule has 0 saturated heterocycles. The summed E-state index contributed by atoms with van der Waals surface area (Å²) in [6.07, 6.45) is 1.51. The van der Waals surface area contributed by atoms with E-state index in [0.29, 0.717) is 0 Å². The van der Waals surface area contributed by atoms with Crippen LogP contribution in [-0.2, 0) is 23.9 Å². The highest BCUT2D eigenvalue weighted by Gasteiger charge is 2.41. The van der Waals surface area contributed by atoms with E-state index in [9.17, 15) is 14.4 Å². The lowest BCUT2D eigenvalue weighted by Crippen LogP contribution is -2.27. The molecule has 0 saturated carbocycles. The maximum absolute atomic E-state index is 13.0. The third-order valence-electron chi connectivity index (χ3n) is 4.43. The number of anilines is 1. The van der Waals surface area contributed by atoms with Crippen LogP contribution in [0, 0.1) is 0 Å². The number of benzene rings is 1. The Labute approximate surface area is 161 Å². The Morgan fingerprint density at radius 2 is 1.96 bits per heavy atom. The van der Waals surface area contributed by atoms with Gasteiger partial charge in [0, 0.05) is 30.5 Å². The van der Waals surface area contributed by atoms with Crippen molar-refractivity contribution >= 4 is 34.9 Å². The molecule has 1 aliphatic rings. The minimum Gasteiger partial charge on any atom is -0.463 e. The summed E-state index contributed by atoms with van der Waals surface area (Å²) in [5.74, 6) is -2.70. The Morgan fingerprint density at radius 1 is 1.22 bits per heavy atom. The smallest absolute Gasteiger partial charge is 0.373 e. The summed E-state index contributed by atoms with van der Waals surface area (Å²) in [5.41, 5.74) is 1.70. The molecule has 2 heterocycles. The molecular formula is C20H19NO5S. The fourth-order valence-corrected chi connectivity index (χ4v) is 4.08. The van der Waals surface area contributed by atoms with Gasteiger partial charge in [-0.25, -0.2) is 4.79 Å². The number of hydrogen-bond donors (Lipinski definition) is 0. The SMILES string of the molecule is COC(=O)/C(=C/[C@@H](c1cccs1)[C@@H]1C(=O)N(C)c2ccccc21)OC(C)=O. The van der Waals surface area contributed by atoms with Crippen LogP contribution in [0.15, 0.2) is 53.6 Å². The van der Waals surface area contributed by atoms with Crippen molar-refractivity contribution in [3.63, 3.8) is 0 Å². The zero-order chi connectivity index (χ0) is 19.6. The zero-order valence-corrected chi connectivity index (χ0v) is 16.0. The number of rotatable bonds is 5. The summed E-state index contributed by atoms with van der Waals surface area (Å²) in [4.78, 5) is 39.0. The van der Waals surface area contributed by atoms with Crippen molar-refractivity contribution < 1.29 is 23.9 Å². The molecule has 0 unspecified atom stereocenters. The predicted molar refractivity (Wildman–Crippen MR) is 102 cm³/mol. The third kappa shape index (κ3) is 3.64. The van der Waals surface area contributed by atoms with Gasteiger partial charge in [0.2, 0.25) is 11.7 Å². The van der Waals surface area contributed by atoms with Crippen molar-refractivity contribution in [3.05, 3.63) is 64.1 Å². The molecule has 0 radical (unpaired) electrons. The van der Waals surface area contributed by atoms with Gasteiger partial charge in [-0.1, -0.05) is 24.3 Å². The van der Waals surface area contributed by atoms with Crippen LogP contribution >= 0.6 is 11.3 Å². The number of thiophene rings is 1. The minimum absolute atomic E-state index is 0.0853. The molecule has 0 N–H and O–H groups in total. The molecule has 27 heavy (non-hydrogen) atoms. The number of carbonyl (C=O) groups excluding carboxylic acids is 3. The number of esters is 2. The third-order valence-corrected chi connectivity index (χ3v) is 5.41. The van der Waals surface area contributed by atoms with Gasteiger partial charge in [-0.05, 0) is 29.2 Å². The Bertz CT molecular complexity index is 903. The molecule has 1 aromatic heterocycles. The summed E-state index contributed by atoms with van der Waals surface area (Å²) in [5, 5.41) is 1.90. The monoisotopic (exact) mass is 385 g/mol. The van der Waals surface area contributed by atoms with E-state index in [2.05, 4.69) is 0 Å². The number of ether oxygens (including phenoxy) is 2. The number of amides is 1. The van der Waals surface area contributed by atoms with Gasteiger partial charge in [0.25, 0.3) is 0 Å². The average Bonchev–Trinajstić information content (AvgIpc) is 3.27. The lowest BCUT2D eigenvalue weighted by Gasteiger charge is -2.20. The topological polar surface area (TPSA) is 72.9 Å². The second kappa shape index (κ2) is 7.75. The van der Waals surface area contributed by atoms with E-state index in [4.69, 9.17) is 9.47 Å². The van der Waals surface area contributed by atoms with Crippen LogP contribution in [0.1, 0.15) is 29.2 Å². The van der Waals surface area contributed by atoms with Crippen molar-refractivity contribution in [2.45, 2.75) is 18.8 Å². The van der Waals surface area contributed by atoms with Gasteiger partial charge in [-0.15, -0.1) is 11.3 Å². The number of hydrogen-bond acceptors (Lipinski definition) is 6. The lowest BCUT2D eigenvalue weighted by molar-refractivity contribution is -0.148. The molecule has 0 aliphatic carbocycles.